The predicted molar refractivity (Wildman–Crippen MR) is 22.8 cm³/mol. The SMILES string of the molecule is C[C@H]1NC=CO1. The van der Waals surface area contributed by atoms with Gasteiger partial charge in [-0.3, -0.25) is 0 Å². The van der Waals surface area contributed by atoms with Crippen molar-refractivity contribution < 1.29 is 4.74 Å². The largest absolute Gasteiger partial charge is 0.477 e. The molecule has 1 rings (SSSR count). The van der Waals surface area contributed by atoms with Crippen LogP contribution in [0.15, 0.2) is 12.5 Å². The lowest BCUT2D eigenvalue weighted by molar-refractivity contribution is 0.171. The summed E-state index contributed by atoms with van der Waals surface area (Å²) in [5, 5.41) is 2.92. The third kappa shape index (κ3) is 0.455. The van der Waals surface area contributed by atoms with Gasteiger partial charge in [-0.05, 0) is 6.92 Å². The van der Waals surface area contributed by atoms with E-state index in [0.717, 1.165) is 0 Å². The fourth-order valence-corrected chi connectivity index (χ4v) is 0.371. The molecule has 0 unspecified atom stereocenters. The molecule has 0 saturated heterocycles. The smallest absolute Gasteiger partial charge is 0.165 e. The highest BCUT2D eigenvalue weighted by atomic mass is 16.5. The van der Waals surface area contributed by atoms with Crippen molar-refractivity contribution in [2.24, 2.45) is 0 Å². The summed E-state index contributed by atoms with van der Waals surface area (Å²) < 4.78 is 4.86. The van der Waals surface area contributed by atoms with Crippen LogP contribution in [0, 0.1) is 0 Å². The average Bonchev–Trinajstić information content (AvgIpc) is 1.86. The van der Waals surface area contributed by atoms with Gasteiger partial charge in [0.1, 0.15) is 6.26 Å². The molecule has 6 heavy (non-hydrogen) atoms. The molecule has 0 bridgehead atoms. The second kappa shape index (κ2) is 1.20. The van der Waals surface area contributed by atoms with E-state index in [1.807, 2.05) is 6.92 Å². The third-order valence-corrected chi connectivity index (χ3v) is 0.682. The van der Waals surface area contributed by atoms with Gasteiger partial charge in [0.05, 0.1) is 0 Å². The van der Waals surface area contributed by atoms with Gasteiger partial charge in [0, 0.05) is 6.20 Å². The molecule has 1 N–H and O–H groups in total. The summed E-state index contributed by atoms with van der Waals surface area (Å²) in [6, 6.07) is 0. The van der Waals surface area contributed by atoms with Crippen molar-refractivity contribution in [3.8, 4) is 0 Å². The Morgan fingerprint density at radius 1 is 1.83 bits per heavy atom. The van der Waals surface area contributed by atoms with Crippen LogP contribution in [-0.4, -0.2) is 6.23 Å². The molecule has 0 aromatic carbocycles. The average molecular weight is 85.1 g/mol. The lowest BCUT2D eigenvalue weighted by Gasteiger charge is -1.99. The highest BCUT2D eigenvalue weighted by Gasteiger charge is 1.97. The van der Waals surface area contributed by atoms with Crippen molar-refractivity contribution in [2.45, 2.75) is 13.2 Å². The van der Waals surface area contributed by atoms with Crippen molar-refractivity contribution in [3.63, 3.8) is 0 Å². The summed E-state index contributed by atoms with van der Waals surface area (Å²) in [4.78, 5) is 0. The lowest BCUT2D eigenvalue weighted by atomic mass is 10.7. The van der Waals surface area contributed by atoms with E-state index < -0.39 is 0 Å². The standard InChI is InChI=1S/C4H7NO/c1-4-5-2-3-6-4/h2-5H,1H3/t4-/m0/s1. The Bertz CT molecular complexity index is 61.9. The Morgan fingerprint density at radius 2 is 2.67 bits per heavy atom. The van der Waals surface area contributed by atoms with Crippen molar-refractivity contribution in [3.05, 3.63) is 12.5 Å². The van der Waals surface area contributed by atoms with E-state index >= 15 is 0 Å². The van der Waals surface area contributed by atoms with Crippen LogP contribution in [0.3, 0.4) is 0 Å². The Balaban J connectivity index is 2.32. The van der Waals surface area contributed by atoms with Crippen LogP contribution < -0.4 is 5.32 Å². The number of hydrogen-bond acceptors (Lipinski definition) is 2. The summed E-state index contributed by atoms with van der Waals surface area (Å²) in [5.41, 5.74) is 0. The highest BCUT2D eigenvalue weighted by Crippen LogP contribution is 1.91. The molecule has 1 aliphatic rings. The van der Waals surface area contributed by atoms with Gasteiger partial charge >= 0.3 is 0 Å². The topological polar surface area (TPSA) is 21.3 Å². The second-order valence-electron chi connectivity index (χ2n) is 1.25. The van der Waals surface area contributed by atoms with Crippen LogP contribution in [-0.2, 0) is 4.74 Å². The monoisotopic (exact) mass is 85.1 g/mol. The molecule has 0 saturated carbocycles. The normalized spacial score (nSPS) is 29.2. The van der Waals surface area contributed by atoms with Crippen LogP contribution in [0.5, 0.6) is 0 Å². The number of hydrogen-bond donors (Lipinski definition) is 1. The number of ether oxygens (including phenoxy) is 1. The molecule has 0 radical (unpaired) electrons. The van der Waals surface area contributed by atoms with Gasteiger partial charge in [-0.15, -0.1) is 0 Å². The van der Waals surface area contributed by atoms with E-state index in [2.05, 4.69) is 5.32 Å². The first-order chi connectivity index (χ1) is 2.89. The molecule has 1 heterocycles. The maximum absolute atomic E-state index is 4.86. The molecule has 0 fully saturated rings. The maximum atomic E-state index is 4.86. The summed E-state index contributed by atoms with van der Waals surface area (Å²) in [7, 11) is 0. The Kier molecular flexibility index (Phi) is 0.708. The van der Waals surface area contributed by atoms with Crippen LogP contribution in [0.1, 0.15) is 6.92 Å². The van der Waals surface area contributed by atoms with E-state index in [1.54, 1.807) is 12.5 Å². The van der Waals surface area contributed by atoms with Gasteiger partial charge in [0.25, 0.3) is 0 Å². The fraction of sp³-hybridized carbons (Fsp3) is 0.500. The Hall–Kier alpha value is -0.660. The molecule has 2 nitrogen and oxygen atoms in total. The first-order valence-corrected chi connectivity index (χ1v) is 1.96. The van der Waals surface area contributed by atoms with Crippen LogP contribution >= 0.6 is 0 Å². The zero-order valence-corrected chi connectivity index (χ0v) is 3.64. The fourth-order valence-electron chi connectivity index (χ4n) is 0.371. The van der Waals surface area contributed by atoms with E-state index in [9.17, 15) is 0 Å². The minimum atomic E-state index is 0.185. The lowest BCUT2D eigenvalue weighted by Crippen LogP contribution is -2.14. The zero-order chi connectivity index (χ0) is 4.41. The maximum Gasteiger partial charge on any atom is 0.165 e. The second-order valence-corrected chi connectivity index (χ2v) is 1.25. The van der Waals surface area contributed by atoms with Gasteiger partial charge in [-0.1, -0.05) is 0 Å². The summed E-state index contributed by atoms with van der Waals surface area (Å²) >= 11 is 0. The Labute approximate surface area is 36.8 Å². The van der Waals surface area contributed by atoms with Gasteiger partial charge in [0.15, 0.2) is 6.23 Å². The van der Waals surface area contributed by atoms with E-state index in [4.69, 9.17) is 4.74 Å². The molecule has 0 spiro atoms. The molecule has 34 valence electrons. The van der Waals surface area contributed by atoms with Crippen LogP contribution in [0.25, 0.3) is 0 Å². The summed E-state index contributed by atoms with van der Waals surface area (Å²) in [5.74, 6) is 0. The van der Waals surface area contributed by atoms with Gasteiger partial charge < -0.3 is 10.1 Å². The molecule has 2 heteroatoms. The van der Waals surface area contributed by atoms with Crippen molar-refractivity contribution in [1.82, 2.24) is 5.32 Å². The Morgan fingerprint density at radius 3 is 2.83 bits per heavy atom. The predicted octanol–water partition coefficient (Wildman–Crippen LogP) is 0.423. The number of rotatable bonds is 0. The van der Waals surface area contributed by atoms with Gasteiger partial charge in [-0.25, -0.2) is 0 Å². The summed E-state index contributed by atoms with van der Waals surface area (Å²) in [6.07, 6.45) is 3.61. The molecular weight excluding hydrogens is 78.0 g/mol. The van der Waals surface area contributed by atoms with Crippen LogP contribution in [0.2, 0.25) is 0 Å². The molecule has 0 aromatic heterocycles. The van der Waals surface area contributed by atoms with Crippen molar-refractivity contribution in [2.75, 3.05) is 0 Å². The molecule has 1 aliphatic heterocycles. The summed E-state index contributed by atoms with van der Waals surface area (Å²) in [6.45, 7) is 1.94. The molecular formula is C4H7NO. The first-order valence-electron chi connectivity index (χ1n) is 1.96. The quantitative estimate of drug-likeness (QED) is 0.460. The zero-order valence-electron chi connectivity index (χ0n) is 3.64. The first kappa shape index (κ1) is 3.53. The van der Waals surface area contributed by atoms with E-state index in [1.165, 1.54) is 0 Å². The number of nitrogens with one attached hydrogen (secondary N) is 1. The van der Waals surface area contributed by atoms with E-state index in [-0.39, 0.29) is 6.23 Å². The molecule has 0 amide bonds. The van der Waals surface area contributed by atoms with E-state index in [0.29, 0.717) is 0 Å². The minimum absolute atomic E-state index is 0.185. The van der Waals surface area contributed by atoms with Crippen molar-refractivity contribution >= 4 is 0 Å². The highest BCUT2D eigenvalue weighted by molar-refractivity contribution is 4.78. The van der Waals surface area contributed by atoms with Gasteiger partial charge in [-0.2, -0.15) is 0 Å². The van der Waals surface area contributed by atoms with Crippen molar-refractivity contribution in [1.29, 1.82) is 0 Å². The van der Waals surface area contributed by atoms with Gasteiger partial charge in [0.2, 0.25) is 0 Å². The minimum Gasteiger partial charge on any atom is -0.477 e. The molecule has 0 aliphatic carbocycles. The third-order valence-electron chi connectivity index (χ3n) is 0.682. The van der Waals surface area contributed by atoms with Crippen LogP contribution in [0.4, 0.5) is 0 Å². The molecule has 1 atom stereocenters. The molecule has 0 aromatic rings.